The Morgan fingerprint density at radius 3 is 2.34 bits per heavy atom. The van der Waals surface area contributed by atoms with Gasteiger partial charge < -0.3 is 5.32 Å². The summed E-state index contributed by atoms with van der Waals surface area (Å²) in [7, 11) is -2.89. The number of hydrogen-bond donors (Lipinski definition) is 1. The van der Waals surface area contributed by atoms with E-state index in [1.54, 1.807) is 42.5 Å². The number of fused-ring (bicyclic) bond motifs is 1. The molecule has 1 aliphatic rings. The van der Waals surface area contributed by atoms with E-state index >= 15 is 0 Å². The van der Waals surface area contributed by atoms with Gasteiger partial charge in [0.2, 0.25) is 5.91 Å². The number of amides is 2. The zero-order chi connectivity index (χ0) is 21.6. The average Bonchev–Trinajstić information content (AvgIpc) is 2.62. The number of carbonyl (C=O) groups is 2. The van der Waals surface area contributed by atoms with Crippen LogP contribution in [0.5, 0.6) is 0 Å². The summed E-state index contributed by atoms with van der Waals surface area (Å²) >= 11 is 5.87. The van der Waals surface area contributed by atoms with Crippen LogP contribution >= 0.6 is 19.3 Å². The van der Waals surface area contributed by atoms with E-state index in [-0.39, 0.29) is 18.2 Å². The molecular formula is C21H22ClN2O4P. The summed E-state index contributed by atoms with van der Waals surface area (Å²) in [5.41, 5.74) is 1.76. The van der Waals surface area contributed by atoms with E-state index in [0.717, 1.165) is 5.56 Å². The number of hydrogen-bond acceptors (Lipinski definition) is 4. The molecule has 0 atom stereocenters. The number of anilines is 2. The van der Waals surface area contributed by atoms with Crippen molar-refractivity contribution >= 4 is 42.5 Å². The Morgan fingerprint density at radius 2 is 1.76 bits per heavy atom. The highest BCUT2D eigenvalue weighted by molar-refractivity contribution is 7.33. The molecular weight excluding hydrogens is 411 g/mol. The highest BCUT2D eigenvalue weighted by atomic mass is 35.5. The van der Waals surface area contributed by atoms with Crippen LogP contribution < -0.4 is 10.2 Å². The summed E-state index contributed by atoms with van der Waals surface area (Å²) in [5.74, 6) is -0.561. The van der Waals surface area contributed by atoms with Gasteiger partial charge in [-0.25, -0.2) is 9.13 Å². The van der Waals surface area contributed by atoms with Gasteiger partial charge in [0.1, 0.15) is 0 Å². The Bertz CT molecular complexity index is 1050. The normalized spacial score (nSPS) is 15.6. The number of halogens is 1. The standard InChI is InChI=1S/C21H22ClN2O4P/c1-20(2)12-18(25)24(21(3,4)29(27)28)17-10-5-13(11-16(17)20)19(26)23-15-8-6-14(22)7-9-15/h5-11H,12H2,1-4H3,(H,23,26). The second kappa shape index (κ2) is 7.43. The summed E-state index contributed by atoms with van der Waals surface area (Å²) in [6.45, 7) is 6.82. The van der Waals surface area contributed by atoms with Gasteiger partial charge in [-0.15, -0.1) is 0 Å². The molecule has 0 aromatic heterocycles. The van der Waals surface area contributed by atoms with Crippen molar-refractivity contribution < 1.29 is 18.7 Å². The summed E-state index contributed by atoms with van der Waals surface area (Å²) < 4.78 is 23.6. The van der Waals surface area contributed by atoms with Crippen LogP contribution in [0.1, 0.15) is 50.0 Å². The van der Waals surface area contributed by atoms with Crippen LogP contribution in [0.15, 0.2) is 42.5 Å². The smallest absolute Gasteiger partial charge is 0.322 e. The molecule has 0 spiro atoms. The first-order valence-electron chi connectivity index (χ1n) is 9.12. The Labute approximate surface area is 175 Å². The van der Waals surface area contributed by atoms with Crippen molar-refractivity contribution in [3.05, 3.63) is 58.6 Å². The second-order valence-corrected chi connectivity index (χ2v) is 10.3. The minimum atomic E-state index is -2.89. The molecule has 0 aliphatic carbocycles. The lowest BCUT2D eigenvalue weighted by Gasteiger charge is -2.43. The SMILES string of the molecule is CC1(C)CC(=O)N(C(C)(C)P(=O)=O)c2ccc(C(=O)Nc3ccc(Cl)cc3)cc21. The van der Waals surface area contributed by atoms with Crippen LogP contribution in [0.2, 0.25) is 5.02 Å². The molecule has 6 nitrogen and oxygen atoms in total. The van der Waals surface area contributed by atoms with E-state index < -0.39 is 18.4 Å². The van der Waals surface area contributed by atoms with Gasteiger partial charge in [0.15, 0.2) is 5.28 Å². The number of benzene rings is 2. The molecule has 0 saturated carbocycles. The maximum Gasteiger partial charge on any atom is 0.341 e. The molecule has 0 unspecified atom stereocenters. The number of carbonyl (C=O) groups excluding carboxylic acids is 2. The van der Waals surface area contributed by atoms with Crippen LogP contribution in [-0.2, 0) is 19.3 Å². The van der Waals surface area contributed by atoms with Crippen LogP contribution in [0.4, 0.5) is 11.4 Å². The minimum Gasteiger partial charge on any atom is -0.322 e. The first kappa shape index (κ1) is 21.3. The summed E-state index contributed by atoms with van der Waals surface area (Å²) in [5, 5.41) is 2.01. The molecule has 0 radical (unpaired) electrons. The van der Waals surface area contributed by atoms with Crippen molar-refractivity contribution in [3.63, 3.8) is 0 Å². The molecule has 1 N–H and O–H groups in total. The molecule has 0 bridgehead atoms. The Balaban J connectivity index is 2.02. The van der Waals surface area contributed by atoms with E-state index in [0.29, 0.717) is 22.0 Å². The summed E-state index contributed by atoms with van der Waals surface area (Å²) in [6, 6.07) is 11.7. The first-order valence-corrected chi connectivity index (χ1v) is 10.7. The minimum absolute atomic E-state index is 0.148. The van der Waals surface area contributed by atoms with Crippen LogP contribution in [0, 0.1) is 0 Å². The van der Waals surface area contributed by atoms with Crippen molar-refractivity contribution in [3.8, 4) is 0 Å². The maximum atomic E-state index is 12.8. The Hall–Kier alpha value is -2.43. The molecule has 0 fully saturated rings. The van der Waals surface area contributed by atoms with Crippen molar-refractivity contribution in [1.29, 1.82) is 0 Å². The molecule has 0 saturated heterocycles. The highest BCUT2D eigenvalue weighted by Gasteiger charge is 2.45. The molecule has 1 heterocycles. The van der Waals surface area contributed by atoms with E-state index in [2.05, 4.69) is 5.32 Å². The predicted molar refractivity (Wildman–Crippen MR) is 113 cm³/mol. The van der Waals surface area contributed by atoms with Crippen molar-refractivity contribution in [2.24, 2.45) is 0 Å². The third kappa shape index (κ3) is 4.00. The van der Waals surface area contributed by atoms with Gasteiger partial charge in [0.05, 0.1) is 0 Å². The van der Waals surface area contributed by atoms with E-state index in [9.17, 15) is 18.7 Å². The fourth-order valence-electron chi connectivity index (χ4n) is 3.52. The third-order valence-corrected chi connectivity index (χ3v) is 6.51. The van der Waals surface area contributed by atoms with E-state index in [1.165, 1.54) is 18.7 Å². The number of nitrogens with one attached hydrogen (secondary N) is 1. The lowest BCUT2D eigenvalue weighted by atomic mass is 9.76. The molecule has 2 amide bonds. The van der Waals surface area contributed by atoms with Gasteiger partial charge in [-0.2, -0.15) is 0 Å². The lowest BCUT2D eigenvalue weighted by Crippen LogP contribution is -2.50. The lowest BCUT2D eigenvalue weighted by molar-refractivity contribution is -0.120. The molecule has 8 heteroatoms. The second-order valence-electron chi connectivity index (χ2n) is 8.23. The molecule has 152 valence electrons. The maximum absolute atomic E-state index is 12.8. The van der Waals surface area contributed by atoms with Crippen molar-refractivity contribution in [1.82, 2.24) is 0 Å². The Kier molecular flexibility index (Phi) is 5.46. The summed E-state index contributed by atoms with van der Waals surface area (Å²) in [4.78, 5) is 26.8. The van der Waals surface area contributed by atoms with Crippen LogP contribution in [0.3, 0.4) is 0 Å². The van der Waals surface area contributed by atoms with Crippen molar-refractivity contribution in [2.75, 3.05) is 10.2 Å². The fourth-order valence-corrected chi connectivity index (χ4v) is 4.03. The van der Waals surface area contributed by atoms with Crippen LogP contribution in [-0.4, -0.2) is 17.1 Å². The van der Waals surface area contributed by atoms with Gasteiger partial charge >= 0.3 is 7.68 Å². The molecule has 1 aliphatic heterocycles. The van der Waals surface area contributed by atoms with Gasteiger partial charge in [0.25, 0.3) is 5.91 Å². The zero-order valence-electron chi connectivity index (χ0n) is 16.7. The first-order chi connectivity index (χ1) is 13.4. The third-order valence-electron chi connectivity index (χ3n) is 5.17. The van der Waals surface area contributed by atoms with Crippen molar-refractivity contribution in [2.45, 2.75) is 44.8 Å². The monoisotopic (exact) mass is 432 g/mol. The molecule has 2 aromatic rings. The zero-order valence-corrected chi connectivity index (χ0v) is 18.3. The molecule has 3 rings (SSSR count). The largest absolute Gasteiger partial charge is 0.341 e. The summed E-state index contributed by atoms with van der Waals surface area (Å²) in [6.07, 6.45) is 0.148. The number of nitrogens with zero attached hydrogens (tertiary/aromatic N) is 1. The topological polar surface area (TPSA) is 83.6 Å². The fraction of sp³-hybridized carbons (Fsp3) is 0.333. The van der Waals surface area contributed by atoms with E-state index in [1.807, 2.05) is 13.8 Å². The number of rotatable bonds is 4. The molecule has 2 aromatic carbocycles. The molecule has 29 heavy (non-hydrogen) atoms. The van der Waals surface area contributed by atoms with Gasteiger partial charge in [-0.3, -0.25) is 14.5 Å². The van der Waals surface area contributed by atoms with Gasteiger partial charge in [0, 0.05) is 33.8 Å². The van der Waals surface area contributed by atoms with Crippen LogP contribution in [0.25, 0.3) is 0 Å². The van der Waals surface area contributed by atoms with Gasteiger partial charge in [-0.1, -0.05) is 25.4 Å². The van der Waals surface area contributed by atoms with E-state index in [4.69, 9.17) is 11.6 Å². The quantitative estimate of drug-likeness (QED) is 0.645. The highest BCUT2D eigenvalue weighted by Crippen LogP contribution is 2.46. The Morgan fingerprint density at radius 1 is 1.14 bits per heavy atom. The van der Waals surface area contributed by atoms with Gasteiger partial charge in [-0.05, 0) is 61.9 Å². The predicted octanol–water partition coefficient (Wildman–Crippen LogP) is 5.52. The average molecular weight is 433 g/mol.